The number of hydrogen-bond acceptors (Lipinski definition) is 5. The maximum atomic E-state index is 14.4. The molecule has 0 aromatic heterocycles. The Morgan fingerprint density at radius 3 is 2.36 bits per heavy atom. The van der Waals surface area contributed by atoms with Crippen LogP contribution in [0.15, 0.2) is 47.5 Å². The van der Waals surface area contributed by atoms with Gasteiger partial charge in [0.05, 0.1) is 31.4 Å². The van der Waals surface area contributed by atoms with Gasteiger partial charge in [-0.3, -0.25) is 9.89 Å². The molecule has 5 rings (SSSR count). The molecule has 2 atom stereocenters. The van der Waals surface area contributed by atoms with Crippen LogP contribution in [0.2, 0.25) is 5.02 Å². The van der Waals surface area contributed by atoms with Crippen molar-refractivity contribution in [3.8, 4) is 11.5 Å². The number of amidine groups is 1. The van der Waals surface area contributed by atoms with Gasteiger partial charge in [-0.05, 0) is 62.6 Å². The molecule has 2 aliphatic heterocycles. The Hall–Kier alpha value is -2.48. The standard InChI is InChI=1S/C30H39ClN4O3.ClH/c1-4-38-26-20-24(37-3)14-15-25(26)29-32-27(21-8-6-5-7-9-21)28(22-10-12-23(31)13-11-22)35(29)30(36)34-18-16-33(2)17-19-34;/h10-15,20-21,27-28H,4-9,16-19H2,1-3H3;1H/t27-,28+;/m1./s1. The number of benzene rings is 2. The van der Waals surface area contributed by atoms with Gasteiger partial charge in [0.25, 0.3) is 0 Å². The molecule has 7 nitrogen and oxygen atoms in total. The number of nitrogens with zero attached hydrogens (tertiary/aromatic N) is 4. The summed E-state index contributed by atoms with van der Waals surface area (Å²) in [7, 11) is 3.75. The molecule has 2 aromatic rings. The maximum absolute atomic E-state index is 14.4. The van der Waals surface area contributed by atoms with Crippen LogP contribution in [0.5, 0.6) is 11.5 Å². The first-order chi connectivity index (χ1) is 18.5. The van der Waals surface area contributed by atoms with Gasteiger partial charge in [0.1, 0.15) is 17.3 Å². The Kier molecular flexibility index (Phi) is 10.0. The van der Waals surface area contributed by atoms with Gasteiger partial charge in [0.2, 0.25) is 0 Å². The molecule has 0 bridgehead atoms. The highest BCUT2D eigenvalue weighted by atomic mass is 35.5. The van der Waals surface area contributed by atoms with Crippen LogP contribution in [-0.4, -0.2) is 79.6 Å². The highest BCUT2D eigenvalue weighted by Crippen LogP contribution is 2.44. The largest absolute Gasteiger partial charge is 0.497 e. The molecule has 3 aliphatic rings. The second kappa shape index (κ2) is 13.2. The van der Waals surface area contributed by atoms with Gasteiger partial charge >= 0.3 is 6.03 Å². The van der Waals surface area contributed by atoms with Crippen molar-refractivity contribution >= 4 is 35.9 Å². The second-order valence-electron chi connectivity index (χ2n) is 10.6. The molecule has 1 aliphatic carbocycles. The van der Waals surface area contributed by atoms with Gasteiger partial charge in [-0.2, -0.15) is 0 Å². The predicted octanol–water partition coefficient (Wildman–Crippen LogP) is 6.29. The Balaban J connectivity index is 0.00000353. The number of urea groups is 1. The van der Waals surface area contributed by atoms with Crippen LogP contribution in [-0.2, 0) is 0 Å². The summed E-state index contributed by atoms with van der Waals surface area (Å²) >= 11 is 6.30. The Bertz CT molecular complexity index is 1150. The van der Waals surface area contributed by atoms with Crippen LogP contribution >= 0.6 is 24.0 Å². The van der Waals surface area contributed by atoms with E-state index in [2.05, 4.69) is 24.1 Å². The molecule has 212 valence electrons. The fourth-order valence-electron chi connectivity index (χ4n) is 6.05. The third-order valence-corrected chi connectivity index (χ3v) is 8.41. The smallest absolute Gasteiger partial charge is 0.326 e. The van der Waals surface area contributed by atoms with Gasteiger partial charge in [-0.15, -0.1) is 12.4 Å². The number of likely N-dealkylation sites (N-methyl/N-ethyl adjacent to an activating group) is 1. The first-order valence-electron chi connectivity index (χ1n) is 13.9. The summed E-state index contributed by atoms with van der Waals surface area (Å²) in [5, 5.41) is 0.688. The lowest BCUT2D eigenvalue weighted by molar-refractivity contribution is 0.125. The van der Waals surface area contributed by atoms with Crippen molar-refractivity contribution in [1.82, 2.24) is 14.7 Å². The fraction of sp³-hybridized carbons (Fsp3) is 0.533. The molecule has 2 amide bonds. The zero-order valence-corrected chi connectivity index (χ0v) is 24.7. The normalized spacial score (nSPS) is 22.3. The third-order valence-electron chi connectivity index (χ3n) is 8.15. The molecule has 0 unspecified atom stereocenters. The van der Waals surface area contributed by atoms with Crippen LogP contribution in [0.3, 0.4) is 0 Å². The van der Waals surface area contributed by atoms with Crippen molar-refractivity contribution < 1.29 is 14.3 Å². The van der Waals surface area contributed by atoms with Crippen LogP contribution in [0.4, 0.5) is 4.79 Å². The van der Waals surface area contributed by atoms with Crippen LogP contribution in [0.25, 0.3) is 0 Å². The van der Waals surface area contributed by atoms with Crippen molar-refractivity contribution in [3.63, 3.8) is 0 Å². The Labute approximate surface area is 243 Å². The first-order valence-corrected chi connectivity index (χ1v) is 14.3. The lowest BCUT2D eigenvalue weighted by atomic mass is 9.80. The molecule has 1 saturated carbocycles. The summed E-state index contributed by atoms with van der Waals surface area (Å²) < 4.78 is 11.6. The minimum atomic E-state index is -0.200. The van der Waals surface area contributed by atoms with Crippen LogP contribution < -0.4 is 9.47 Å². The molecule has 39 heavy (non-hydrogen) atoms. The summed E-state index contributed by atoms with van der Waals surface area (Å²) in [6.45, 7) is 5.58. The summed E-state index contributed by atoms with van der Waals surface area (Å²) in [6.07, 6.45) is 5.94. The van der Waals surface area contributed by atoms with E-state index in [-0.39, 0.29) is 30.5 Å². The molecule has 2 fully saturated rings. The zero-order chi connectivity index (χ0) is 26.6. The monoisotopic (exact) mass is 574 g/mol. The van der Waals surface area contributed by atoms with Gasteiger partial charge in [-0.25, -0.2) is 4.79 Å². The number of aliphatic imine (C=N–C) groups is 1. The van der Waals surface area contributed by atoms with Crippen molar-refractivity contribution in [2.24, 2.45) is 10.9 Å². The number of methoxy groups -OCH3 is 1. The Morgan fingerprint density at radius 2 is 1.72 bits per heavy atom. The number of carbonyl (C=O) groups excluding carboxylic acids is 1. The Morgan fingerprint density at radius 1 is 1.03 bits per heavy atom. The van der Waals surface area contributed by atoms with Crippen LogP contribution in [0, 0.1) is 5.92 Å². The van der Waals surface area contributed by atoms with E-state index >= 15 is 0 Å². The van der Waals surface area contributed by atoms with Gasteiger partial charge in [0, 0.05) is 37.3 Å². The molecule has 9 heteroatoms. The third kappa shape index (κ3) is 6.31. The molecule has 0 N–H and O–H groups in total. The predicted molar refractivity (Wildman–Crippen MR) is 159 cm³/mol. The number of piperazine rings is 1. The van der Waals surface area contributed by atoms with E-state index in [1.54, 1.807) is 7.11 Å². The van der Waals surface area contributed by atoms with Crippen LogP contribution in [0.1, 0.15) is 56.2 Å². The number of hydrogen-bond donors (Lipinski definition) is 0. The minimum Gasteiger partial charge on any atom is -0.497 e. The topological polar surface area (TPSA) is 57.6 Å². The fourth-order valence-corrected chi connectivity index (χ4v) is 6.18. The van der Waals surface area contributed by atoms with E-state index in [1.807, 2.05) is 47.1 Å². The summed E-state index contributed by atoms with van der Waals surface area (Å²) in [5.74, 6) is 2.50. The number of carbonyl (C=O) groups is 1. The van der Waals surface area contributed by atoms with Crippen molar-refractivity contribution in [3.05, 3.63) is 58.6 Å². The number of amides is 2. The molecular weight excluding hydrogens is 535 g/mol. The SMILES string of the molecule is CCOc1cc(OC)ccc1C1=N[C@H](C2CCCCC2)[C@H](c2ccc(Cl)cc2)N1C(=O)N1CCN(C)CC1.Cl. The lowest BCUT2D eigenvalue weighted by Gasteiger charge is -2.39. The molecule has 1 saturated heterocycles. The molecule has 0 radical (unpaired) electrons. The average molecular weight is 576 g/mol. The maximum Gasteiger partial charge on any atom is 0.326 e. The number of halogens is 2. The number of rotatable bonds is 6. The minimum absolute atomic E-state index is 0. The summed E-state index contributed by atoms with van der Waals surface area (Å²) in [6, 6.07) is 13.5. The molecule has 2 aromatic carbocycles. The highest BCUT2D eigenvalue weighted by Gasteiger charge is 2.46. The van der Waals surface area contributed by atoms with Crippen molar-refractivity contribution in [1.29, 1.82) is 0 Å². The van der Waals surface area contributed by atoms with E-state index in [0.29, 0.717) is 48.0 Å². The summed E-state index contributed by atoms with van der Waals surface area (Å²) in [5.41, 5.74) is 1.89. The summed E-state index contributed by atoms with van der Waals surface area (Å²) in [4.78, 5) is 26.0. The van der Waals surface area contributed by atoms with Crippen molar-refractivity contribution in [2.75, 3.05) is 46.9 Å². The lowest BCUT2D eigenvalue weighted by Crippen LogP contribution is -2.53. The quantitative estimate of drug-likeness (QED) is 0.407. The van der Waals surface area contributed by atoms with E-state index in [9.17, 15) is 4.79 Å². The molecular formula is C30H40Cl2N4O3. The second-order valence-corrected chi connectivity index (χ2v) is 11.0. The first kappa shape index (κ1) is 29.5. The number of ether oxygens (including phenoxy) is 2. The molecule has 0 spiro atoms. The van der Waals surface area contributed by atoms with E-state index in [4.69, 9.17) is 26.1 Å². The van der Waals surface area contributed by atoms with Crippen molar-refractivity contribution in [2.45, 2.75) is 51.1 Å². The van der Waals surface area contributed by atoms with Gasteiger partial charge < -0.3 is 19.3 Å². The van der Waals surface area contributed by atoms with E-state index in [1.165, 1.54) is 19.3 Å². The van der Waals surface area contributed by atoms with Gasteiger partial charge in [-0.1, -0.05) is 43.0 Å². The highest BCUT2D eigenvalue weighted by molar-refractivity contribution is 6.30. The van der Waals surface area contributed by atoms with Gasteiger partial charge in [0.15, 0.2) is 0 Å². The van der Waals surface area contributed by atoms with E-state index < -0.39 is 0 Å². The zero-order valence-electron chi connectivity index (χ0n) is 23.1. The average Bonchev–Trinajstić information content (AvgIpc) is 3.34. The molecule has 2 heterocycles. The van der Waals surface area contributed by atoms with E-state index in [0.717, 1.165) is 37.1 Å².